The molecule has 34 heavy (non-hydrogen) atoms. The van der Waals surface area contributed by atoms with Crippen molar-refractivity contribution in [3.8, 4) is 11.4 Å². The smallest absolute Gasteiger partial charge is 0.416 e. The summed E-state index contributed by atoms with van der Waals surface area (Å²) in [5.41, 5.74) is -0.593. The number of carbonyl (C=O) groups is 1. The van der Waals surface area contributed by atoms with Gasteiger partial charge in [-0.3, -0.25) is 4.79 Å². The second kappa shape index (κ2) is 9.47. The van der Waals surface area contributed by atoms with E-state index in [-0.39, 0.29) is 46.4 Å². The van der Waals surface area contributed by atoms with E-state index in [0.717, 1.165) is 24.3 Å². The molecule has 0 saturated heterocycles. The fourth-order valence-electron chi connectivity index (χ4n) is 3.38. The van der Waals surface area contributed by atoms with Crippen molar-refractivity contribution < 1.29 is 31.5 Å². The van der Waals surface area contributed by atoms with E-state index in [9.17, 15) is 31.5 Å². The van der Waals surface area contributed by atoms with Crippen LogP contribution in [-0.4, -0.2) is 46.6 Å². The molecule has 182 valence electrons. The van der Waals surface area contributed by atoms with Gasteiger partial charge in [-0.1, -0.05) is 19.9 Å². The highest BCUT2D eigenvalue weighted by molar-refractivity contribution is 7.89. The van der Waals surface area contributed by atoms with Gasteiger partial charge in [-0.15, -0.1) is 0 Å². The van der Waals surface area contributed by atoms with Gasteiger partial charge in [0, 0.05) is 13.1 Å². The zero-order chi connectivity index (χ0) is 25.3. The normalized spacial score (nSPS) is 12.2. The molecule has 0 aliphatic carbocycles. The van der Waals surface area contributed by atoms with Crippen molar-refractivity contribution >= 4 is 21.6 Å². The molecule has 0 unspecified atom stereocenters. The molecule has 3 aromatic rings. The van der Waals surface area contributed by atoms with E-state index in [1.807, 2.05) is 0 Å². The first kappa shape index (κ1) is 25.2. The molecule has 2 aromatic carbocycles. The first-order valence-electron chi connectivity index (χ1n) is 10.3. The van der Waals surface area contributed by atoms with E-state index in [1.165, 1.54) is 40.3 Å². The van der Waals surface area contributed by atoms with Crippen LogP contribution in [0.5, 0.6) is 5.75 Å². The van der Waals surface area contributed by atoms with Crippen molar-refractivity contribution in [2.24, 2.45) is 0 Å². The maximum atomic E-state index is 13.0. The van der Waals surface area contributed by atoms with Gasteiger partial charge in [-0.05, 0) is 43.3 Å². The van der Waals surface area contributed by atoms with Gasteiger partial charge in [0.05, 0.1) is 39.3 Å². The maximum Gasteiger partial charge on any atom is 0.416 e. The third-order valence-corrected chi connectivity index (χ3v) is 7.28. The van der Waals surface area contributed by atoms with Crippen LogP contribution in [0.3, 0.4) is 0 Å². The van der Waals surface area contributed by atoms with E-state index < -0.39 is 27.7 Å². The summed E-state index contributed by atoms with van der Waals surface area (Å²) in [6.45, 7) is 5.37. The number of halogens is 3. The Balaban J connectivity index is 1.92. The van der Waals surface area contributed by atoms with Crippen LogP contribution in [0, 0.1) is 6.92 Å². The molecule has 0 spiro atoms. The summed E-state index contributed by atoms with van der Waals surface area (Å²) in [5, 5.41) is 16.6. The predicted octanol–water partition coefficient (Wildman–Crippen LogP) is 4.19. The third kappa shape index (κ3) is 4.92. The number of anilines is 1. The predicted molar refractivity (Wildman–Crippen MR) is 119 cm³/mol. The minimum atomic E-state index is -4.54. The number of phenols is 1. The number of carbonyl (C=O) groups excluding carboxylic acids is 1. The number of sulfonamides is 1. The lowest BCUT2D eigenvalue weighted by Gasteiger charge is -2.19. The van der Waals surface area contributed by atoms with Crippen molar-refractivity contribution in [3.63, 3.8) is 0 Å². The van der Waals surface area contributed by atoms with Gasteiger partial charge in [0.25, 0.3) is 5.91 Å². The fraction of sp³-hybridized carbons (Fsp3) is 0.273. The lowest BCUT2D eigenvalue weighted by molar-refractivity contribution is -0.137. The standard InChI is InChI=1S/C22H23F3N4O4S/c1-4-28(5-2)34(32,33)17-9-10-20(30)19(12-17)27-21(31)18-13-26-29(14(18)3)16-8-6-7-15(11-16)22(23,24)25/h6-13,30H,4-5H2,1-3H3,(H,27,31). The van der Waals surface area contributed by atoms with E-state index in [0.29, 0.717) is 0 Å². The van der Waals surface area contributed by atoms with Crippen molar-refractivity contribution in [3.05, 3.63) is 65.5 Å². The molecule has 0 aliphatic heterocycles. The molecular weight excluding hydrogens is 473 g/mol. The van der Waals surface area contributed by atoms with Crippen LogP contribution in [-0.2, 0) is 16.2 Å². The van der Waals surface area contributed by atoms with Gasteiger partial charge in [-0.2, -0.15) is 22.6 Å². The summed E-state index contributed by atoms with van der Waals surface area (Å²) in [6, 6.07) is 8.03. The Morgan fingerprint density at radius 1 is 1.15 bits per heavy atom. The maximum absolute atomic E-state index is 13.0. The van der Waals surface area contributed by atoms with Crippen LogP contribution in [0.25, 0.3) is 5.69 Å². The van der Waals surface area contributed by atoms with Gasteiger partial charge >= 0.3 is 6.18 Å². The SMILES string of the molecule is CCN(CC)S(=O)(=O)c1ccc(O)c(NC(=O)c2cnn(-c3cccc(C(F)(F)F)c3)c2C)c1. The largest absolute Gasteiger partial charge is 0.506 e. The highest BCUT2D eigenvalue weighted by atomic mass is 32.2. The summed E-state index contributed by atoms with van der Waals surface area (Å²) < 4.78 is 67.1. The number of rotatable bonds is 7. The number of alkyl halides is 3. The van der Waals surface area contributed by atoms with E-state index in [1.54, 1.807) is 13.8 Å². The zero-order valence-corrected chi connectivity index (χ0v) is 19.4. The number of aromatic nitrogens is 2. The Morgan fingerprint density at radius 3 is 2.44 bits per heavy atom. The second-order valence-corrected chi connectivity index (χ2v) is 9.26. The highest BCUT2D eigenvalue weighted by Crippen LogP contribution is 2.31. The first-order valence-corrected chi connectivity index (χ1v) is 11.7. The molecule has 1 aromatic heterocycles. The number of hydrogen-bond donors (Lipinski definition) is 2. The average molecular weight is 497 g/mol. The Hall–Kier alpha value is -3.38. The van der Waals surface area contributed by atoms with Crippen LogP contribution in [0.15, 0.2) is 53.6 Å². The van der Waals surface area contributed by atoms with Gasteiger partial charge in [0.15, 0.2) is 0 Å². The van der Waals surface area contributed by atoms with Crippen LogP contribution in [0.2, 0.25) is 0 Å². The average Bonchev–Trinajstić information content (AvgIpc) is 3.16. The second-order valence-electron chi connectivity index (χ2n) is 7.33. The van der Waals surface area contributed by atoms with Crippen LogP contribution >= 0.6 is 0 Å². The Morgan fingerprint density at radius 2 is 1.82 bits per heavy atom. The highest BCUT2D eigenvalue weighted by Gasteiger charge is 2.31. The van der Waals surface area contributed by atoms with Crippen molar-refractivity contribution in [2.75, 3.05) is 18.4 Å². The minimum Gasteiger partial charge on any atom is -0.506 e. The van der Waals surface area contributed by atoms with E-state index in [2.05, 4.69) is 10.4 Å². The number of amides is 1. The minimum absolute atomic E-state index is 0.0359. The molecule has 0 fully saturated rings. The van der Waals surface area contributed by atoms with Crippen molar-refractivity contribution in [1.82, 2.24) is 14.1 Å². The lowest BCUT2D eigenvalue weighted by Crippen LogP contribution is -2.30. The Bertz CT molecular complexity index is 1320. The molecule has 0 radical (unpaired) electrons. The first-order chi connectivity index (χ1) is 15.9. The summed E-state index contributed by atoms with van der Waals surface area (Å²) in [7, 11) is -3.83. The number of hydrogen-bond acceptors (Lipinski definition) is 5. The molecule has 2 N–H and O–H groups in total. The van der Waals surface area contributed by atoms with Gasteiger partial charge in [0.2, 0.25) is 10.0 Å². The molecule has 8 nitrogen and oxygen atoms in total. The monoisotopic (exact) mass is 496 g/mol. The third-order valence-electron chi connectivity index (χ3n) is 5.23. The van der Waals surface area contributed by atoms with Crippen molar-refractivity contribution in [2.45, 2.75) is 31.8 Å². The Labute approximate surface area is 194 Å². The van der Waals surface area contributed by atoms with E-state index in [4.69, 9.17) is 0 Å². The van der Waals surface area contributed by atoms with E-state index >= 15 is 0 Å². The van der Waals surface area contributed by atoms with Gasteiger partial charge in [-0.25, -0.2) is 13.1 Å². The van der Waals surface area contributed by atoms with Gasteiger partial charge < -0.3 is 10.4 Å². The molecular formula is C22H23F3N4O4S. The van der Waals surface area contributed by atoms with Crippen LogP contribution < -0.4 is 5.32 Å². The number of aromatic hydroxyl groups is 1. The molecule has 12 heteroatoms. The molecule has 0 atom stereocenters. The fourth-order valence-corrected chi connectivity index (χ4v) is 4.87. The van der Waals surface area contributed by atoms with Crippen LogP contribution in [0.1, 0.15) is 35.5 Å². The number of nitrogens with zero attached hydrogens (tertiary/aromatic N) is 3. The lowest BCUT2D eigenvalue weighted by atomic mass is 10.2. The quantitative estimate of drug-likeness (QED) is 0.478. The summed E-state index contributed by atoms with van der Waals surface area (Å²) in [5.74, 6) is -1.07. The molecule has 1 heterocycles. The zero-order valence-electron chi connectivity index (χ0n) is 18.6. The molecule has 0 aliphatic rings. The number of phenolic OH excluding ortho intramolecular Hbond substituents is 1. The molecule has 0 saturated carbocycles. The number of benzene rings is 2. The van der Waals surface area contributed by atoms with Crippen molar-refractivity contribution in [1.29, 1.82) is 0 Å². The summed E-state index contributed by atoms with van der Waals surface area (Å²) >= 11 is 0. The molecule has 0 bridgehead atoms. The molecule has 1 amide bonds. The van der Waals surface area contributed by atoms with Crippen LogP contribution in [0.4, 0.5) is 18.9 Å². The van der Waals surface area contributed by atoms with Gasteiger partial charge in [0.1, 0.15) is 5.75 Å². The Kier molecular flexibility index (Phi) is 7.03. The number of nitrogens with one attached hydrogen (secondary N) is 1. The summed E-state index contributed by atoms with van der Waals surface area (Å²) in [6.07, 6.45) is -3.36. The topological polar surface area (TPSA) is 105 Å². The molecule has 3 rings (SSSR count). The summed E-state index contributed by atoms with van der Waals surface area (Å²) in [4.78, 5) is 12.7.